The van der Waals surface area contributed by atoms with Crippen LogP contribution in [0.4, 0.5) is 4.79 Å². The zero-order chi connectivity index (χ0) is 28.0. The highest BCUT2D eigenvalue weighted by atomic mass is 32.2. The Labute approximate surface area is 231 Å². The van der Waals surface area contributed by atoms with Crippen molar-refractivity contribution in [1.82, 2.24) is 13.8 Å². The average Bonchev–Trinajstić information content (AvgIpc) is 3.29. The lowest BCUT2D eigenvalue weighted by atomic mass is 10.2. The highest BCUT2D eigenvalue weighted by Gasteiger charge is 2.30. The molecule has 2 heterocycles. The Morgan fingerprint density at radius 1 is 1.00 bits per heavy atom. The van der Waals surface area contributed by atoms with Gasteiger partial charge in [0, 0.05) is 45.4 Å². The van der Waals surface area contributed by atoms with Gasteiger partial charge in [-0.3, -0.25) is 4.79 Å². The SMILES string of the molecule is CCOC(=O)N1CCN(S(=O)(=O)c2ccc(C(=O)N=c3sc4cccc(OCC)c4n3CCOC)cc2)CC1. The molecule has 39 heavy (non-hydrogen) atoms. The molecule has 0 unspecified atom stereocenters. The van der Waals surface area contributed by atoms with Crippen LogP contribution in [0.25, 0.3) is 10.2 Å². The number of benzene rings is 2. The van der Waals surface area contributed by atoms with Gasteiger partial charge in [-0.25, -0.2) is 13.2 Å². The lowest BCUT2D eigenvalue weighted by molar-refractivity contribution is 0.0933. The zero-order valence-corrected chi connectivity index (χ0v) is 23.8. The lowest BCUT2D eigenvalue weighted by Gasteiger charge is -2.33. The van der Waals surface area contributed by atoms with Gasteiger partial charge in [0.2, 0.25) is 10.0 Å². The quantitative estimate of drug-likeness (QED) is 0.384. The molecule has 11 nitrogen and oxygen atoms in total. The number of carbonyl (C=O) groups is 2. The largest absolute Gasteiger partial charge is 0.492 e. The molecule has 0 atom stereocenters. The minimum Gasteiger partial charge on any atom is -0.492 e. The van der Waals surface area contributed by atoms with E-state index in [0.717, 1.165) is 10.2 Å². The number of methoxy groups -OCH3 is 1. The number of piperazine rings is 1. The molecule has 1 fully saturated rings. The van der Waals surface area contributed by atoms with Gasteiger partial charge in [0.15, 0.2) is 4.80 Å². The van der Waals surface area contributed by atoms with Gasteiger partial charge in [-0.15, -0.1) is 0 Å². The number of hydrogen-bond donors (Lipinski definition) is 0. The van der Waals surface area contributed by atoms with Gasteiger partial charge in [-0.1, -0.05) is 17.4 Å². The third-order valence-electron chi connectivity index (χ3n) is 6.18. The van der Waals surface area contributed by atoms with Crippen LogP contribution < -0.4 is 9.54 Å². The molecule has 0 spiro atoms. The summed E-state index contributed by atoms with van der Waals surface area (Å²) in [5.74, 6) is 0.214. The van der Waals surface area contributed by atoms with E-state index in [9.17, 15) is 18.0 Å². The molecular weight excluding hydrogens is 544 g/mol. The molecule has 0 N–H and O–H groups in total. The Hall–Kier alpha value is -3.26. The van der Waals surface area contributed by atoms with Crippen molar-refractivity contribution in [3.63, 3.8) is 0 Å². The van der Waals surface area contributed by atoms with Crippen molar-refractivity contribution < 1.29 is 32.2 Å². The Balaban J connectivity index is 1.56. The van der Waals surface area contributed by atoms with E-state index in [4.69, 9.17) is 14.2 Å². The van der Waals surface area contributed by atoms with Crippen LogP contribution in [0.15, 0.2) is 52.4 Å². The molecule has 4 rings (SSSR count). The fraction of sp³-hybridized carbons (Fsp3) is 0.423. The Kier molecular flexibility index (Phi) is 9.38. The maximum atomic E-state index is 13.1. The number of carbonyl (C=O) groups excluding carboxylic acids is 2. The maximum Gasteiger partial charge on any atom is 0.409 e. The van der Waals surface area contributed by atoms with Gasteiger partial charge in [0.25, 0.3) is 5.91 Å². The number of hydrogen-bond acceptors (Lipinski definition) is 8. The van der Waals surface area contributed by atoms with Crippen molar-refractivity contribution in [3.8, 4) is 5.75 Å². The smallest absolute Gasteiger partial charge is 0.409 e. The highest BCUT2D eigenvalue weighted by Crippen LogP contribution is 2.28. The molecule has 0 aliphatic carbocycles. The van der Waals surface area contributed by atoms with Gasteiger partial charge < -0.3 is 23.7 Å². The van der Waals surface area contributed by atoms with Gasteiger partial charge in [-0.2, -0.15) is 9.30 Å². The van der Waals surface area contributed by atoms with Crippen LogP contribution in [0.5, 0.6) is 5.75 Å². The average molecular weight is 577 g/mol. The van der Waals surface area contributed by atoms with E-state index in [1.54, 1.807) is 14.0 Å². The minimum atomic E-state index is -3.79. The summed E-state index contributed by atoms with van der Waals surface area (Å²) in [5, 5.41) is 0. The fourth-order valence-corrected chi connectivity index (χ4v) is 6.73. The van der Waals surface area contributed by atoms with E-state index in [1.807, 2.05) is 29.7 Å². The number of amides is 2. The number of nitrogens with zero attached hydrogens (tertiary/aromatic N) is 4. The van der Waals surface area contributed by atoms with Gasteiger partial charge in [0.05, 0.1) is 29.4 Å². The van der Waals surface area contributed by atoms with E-state index in [2.05, 4.69) is 4.99 Å². The second-order valence-corrected chi connectivity index (χ2v) is 11.5. The molecule has 1 aromatic heterocycles. The molecule has 0 radical (unpaired) electrons. The van der Waals surface area contributed by atoms with E-state index >= 15 is 0 Å². The maximum absolute atomic E-state index is 13.1. The topological polar surface area (TPSA) is 120 Å². The van der Waals surface area contributed by atoms with Crippen molar-refractivity contribution in [1.29, 1.82) is 0 Å². The van der Waals surface area contributed by atoms with Crippen LogP contribution in [0.1, 0.15) is 24.2 Å². The Bertz CT molecular complexity index is 1490. The van der Waals surface area contributed by atoms with Crippen molar-refractivity contribution in [2.24, 2.45) is 4.99 Å². The number of sulfonamides is 1. The van der Waals surface area contributed by atoms with E-state index < -0.39 is 22.0 Å². The lowest BCUT2D eigenvalue weighted by Crippen LogP contribution is -2.50. The van der Waals surface area contributed by atoms with Crippen LogP contribution in [-0.2, 0) is 26.0 Å². The molecule has 2 aromatic carbocycles. The van der Waals surface area contributed by atoms with Gasteiger partial charge in [-0.05, 0) is 50.2 Å². The number of fused-ring (bicyclic) bond motifs is 1. The summed E-state index contributed by atoms with van der Waals surface area (Å²) in [5.41, 5.74) is 1.11. The monoisotopic (exact) mass is 576 g/mol. The third-order valence-corrected chi connectivity index (χ3v) is 9.14. The summed E-state index contributed by atoms with van der Waals surface area (Å²) in [6.45, 7) is 6.12. The van der Waals surface area contributed by atoms with Crippen LogP contribution in [0.3, 0.4) is 0 Å². The van der Waals surface area contributed by atoms with Gasteiger partial charge in [0.1, 0.15) is 11.3 Å². The van der Waals surface area contributed by atoms with E-state index in [0.29, 0.717) is 30.3 Å². The van der Waals surface area contributed by atoms with E-state index in [-0.39, 0.29) is 43.2 Å². The van der Waals surface area contributed by atoms with Crippen LogP contribution in [-0.4, -0.2) is 87.3 Å². The van der Waals surface area contributed by atoms with Crippen LogP contribution in [0, 0.1) is 0 Å². The number of rotatable bonds is 9. The Morgan fingerprint density at radius 2 is 1.72 bits per heavy atom. The molecule has 0 saturated carbocycles. The van der Waals surface area contributed by atoms with Crippen molar-refractivity contribution in [2.45, 2.75) is 25.3 Å². The summed E-state index contributed by atoms with van der Waals surface area (Å²) in [6.07, 6.45) is -0.447. The predicted molar refractivity (Wildman–Crippen MR) is 147 cm³/mol. The van der Waals surface area contributed by atoms with Crippen molar-refractivity contribution in [2.75, 3.05) is 53.1 Å². The molecule has 210 valence electrons. The molecule has 3 aromatic rings. The first kappa shape index (κ1) is 28.7. The normalized spacial score (nSPS) is 15.1. The first-order valence-electron chi connectivity index (χ1n) is 12.6. The number of thiazole rings is 1. The molecule has 0 bridgehead atoms. The second-order valence-electron chi connectivity index (χ2n) is 8.60. The van der Waals surface area contributed by atoms with Gasteiger partial charge >= 0.3 is 6.09 Å². The second kappa shape index (κ2) is 12.7. The number of aromatic nitrogens is 1. The molecule has 1 aliphatic rings. The zero-order valence-electron chi connectivity index (χ0n) is 22.2. The number of para-hydroxylation sites is 1. The van der Waals surface area contributed by atoms with Crippen molar-refractivity contribution in [3.05, 3.63) is 52.8 Å². The first-order chi connectivity index (χ1) is 18.8. The highest BCUT2D eigenvalue weighted by molar-refractivity contribution is 7.89. The first-order valence-corrected chi connectivity index (χ1v) is 14.9. The van der Waals surface area contributed by atoms with Crippen LogP contribution in [0.2, 0.25) is 0 Å². The van der Waals surface area contributed by atoms with E-state index in [1.165, 1.54) is 44.8 Å². The predicted octanol–water partition coefficient (Wildman–Crippen LogP) is 2.95. The molecule has 2 amide bonds. The minimum absolute atomic E-state index is 0.0713. The summed E-state index contributed by atoms with van der Waals surface area (Å²) >= 11 is 1.37. The molecular formula is C26H32N4O7S2. The molecule has 1 saturated heterocycles. The third kappa shape index (κ3) is 6.32. The summed E-state index contributed by atoms with van der Waals surface area (Å²) < 4.78 is 46.5. The van der Waals surface area contributed by atoms with Crippen LogP contribution >= 0.6 is 11.3 Å². The standard InChI is InChI=1S/C26H32N4O7S2/c1-4-36-21-7-6-8-22-23(21)30(17-18-35-3)25(38-22)27-24(31)19-9-11-20(12-10-19)39(33,34)29-15-13-28(14-16-29)26(32)37-5-2/h6-12H,4-5,13-18H2,1-3H3. The Morgan fingerprint density at radius 3 is 2.36 bits per heavy atom. The number of ether oxygens (including phenoxy) is 3. The molecule has 13 heteroatoms. The van der Waals surface area contributed by atoms with Crippen molar-refractivity contribution >= 4 is 43.6 Å². The molecule has 1 aliphatic heterocycles. The summed E-state index contributed by atoms with van der Waals surface area (Å²) in [4.78, 5) is 31.4. The summed E-state index contributed by atoms with van der Waals surface area (Å²) in [6, 6.07) is 11.5. The fourth-order valence-electron chi connectivity index (χ4n) is 4.24. The summed E-state index contributed by atoms with van der Waals surface area (Å²) in [7, 11) is -2.18.